The van der Waals surface area contributed by atoms with Crippen LogP contribution < -0.4 is 11.1 Å². The lowest BCUT2D eigenvalue weighted by Gasteiger charge is -2.39. The number of carbonyl (C=O) groups excluding carboxylic acids is 1. The maximum absolute atomic E-state index is 12.4. The van der Waals surface area contributed by atoms with Crippen LogP contribution in [0, 0.1) is 5.92 Å². The number of rotatable bonds is 3. The van der Waals surface area contributed by atoms with Crippen molar-refractivity contribution >= 4 is 34.7 Å². The molecule has 0 heterocycles. The van der Waals surface area contributed by atoms with Crippen molar-refractivity contribution in [1.29, 1.82) is 0 Å². The van der Waals surface area contributed by atoms with Crippen molar-refractivity contribution in [3.63, 3.8) is 0 Å². The van der Waals surface area contributed by atoms with Gasteiger partial charge in [0, 0.05) is 5.02 Å². The highest BCUT2D eigenvalue weighted by atomic mass is 35.5. The second-order valence-electron chi connectivity index (χ2n) is 5.74. The first-order valence-electron chi connectivity index (χ1n) is 6.95. The fraction of sp³-hybridized carbons (Fsp3) is 0.467. The molecule has 4 nitrogen and oxygen atoms in total. The number of hydrogen-bond acceptors (Lipinski definition) is 3. The molecule has 1 amide bonds. The number of phenols is 1. The molecule has 114 valence electrons. The SMILES string of the molecule is CC1CCC(NC(=O)c2cc(Cl)ccc2O)(C(N)=S)CC1. The molecule has 1 aromatic rings. The average Bonchev–Trinajstić information content (AvgIpc) is 2.44. The van der Waals surface area contributed by atoms with E-state index in [1.165, 1.54) is 18.2 Å². The molecule has 0 radical (unpaired) electrons. The average molecular weight is 327 g/mol. The summed E-state index contributed by atoms with van der Waals surface area (Å²) < 4.78 is 0. The fourth-order valence-electron chi connectivity index (χ4n) is 2.66. The largest absolute Gasteiger partial charge is 0.507 e. The van der Waals surface area contributed by atoms with Gasteiger partial charge in [0.1, 0.15) is 5.75 Å². The summed E-state index contributed by atoms with van der Waals surface area (Å²) in [7, 11) is 0. The number of thiocarbonyl (C=S) groups is 1. The molecule has 1 aliphatic rings. The highest BCUT2D eigenvalue weighted by Gasteiger charge is 2.38. The van der Waals surface area contributed by atoms with Gasteiger partial charge in [-0.3, -0.25) is 4.79 Å². The lowest BCUT2D eigenvalue weighted by Crippen LogP contribution is -2.58. The van der Waals surface area contributed by atoms with Crippen LogP contribution >= 0.6 is 23.8 Å². The Hall–Kier alpha value is -1.33. The maximum Gasteiger partial charge on any atom is 0.255 e. The molecule has 1 saturated carbocycles. The van der Waals surface area contributed by atoms with Crippen LogP contribution in [0.15, 0.2) is 18.2 Å². The van der Waals surface area contributed by atoms with Crippen molar-refractivity contribution in [2.75, 3.05) is 0 Å². The summed E-state index contributed by atoms with van der Waals surface area (Å²) in [5, 5.41) is 13.1. The molecule has 6 heteroatoms. The van der Waals surface area contributed by atoms with Crippen molar-refractivity contribution in [3.8, 4) is 5.75 Å². The summed E-state index contributed by atoms with van der Waals surface area (Å²) in [6.07, 6.45) is 3.35. The van der Waals surface area contributed by atoms with Crippen LogP contribution in [0.4, 0.5) is 0 Å². The molecule has 2 rings (SSSR count). The number of nitrogens with one attached hydrogen (secondary N) is 1. The second-order valence-corrected chi connectivity index (χ2v) is 6.62. The molecule has 1 fully saturated rings. The highest BCUT2D eigenvalue weighted by molar-refractivity contribution is 7.80. The summed E-state index contributed by atoms with van der Waals surface area (Å²) >= 11 is 11.0. The van der Waals surface area contributed by atoms with Gasteiger partial charge in [-0.25, -0.2) is 0 Å². The fourth-order valence-corrected chi connectivity index (χ4v) is 3.09. The van der Waals surface area contributed by atoms with Gasteiger partial charge in [0.25, 0.3) is 5.91 Å². The molecule has 0 aliphatic heterocycles. The summed E-state index contributed by atoms with van der Waals surface area (Å²) in [6.45, 7) is 2.17. The van der Waals surface area contributed by atoms with E-state index in [-0.39, 0.29) is 11.3 Å². The van der Waals surface area contributed by atoms with E-state index in [0.29, 0.717) is 15.9 Å². The zero-order valence-corrected chi connectivity index (χ0v) is 13.4. The Morgan fingerprint density at radius 1 is 1.48 bits per heavy atom. The normalized spacial score (nSPS) is 25.3. The van der Waals surface area contributed by atoms with Gasteiger partial charge in [0.2, 0.25) is 0 Å². The van der Waals surface area contributed by atoms with Gasteiger partial charge >= 0.3 is 0 Å². The van der Waals surface area contributed by atoms with E-state index in [0.717, 1.165) is 25.7 Å². The Kier molecular flexibility index (Phi) is 4.74. The van der Waals surface area contributed by atoms with Gasteiger partial charge < -0.3 is 16.2 Å². The van der Waals surface area contributed by atoms with Crippen molar-refractivity contribution in [1.82, 2.24) is 5.32 Å². The second kappa shape index (κ2) is 6.20. The van der Waals surface area contributed by atoms with E-state index < -0.39 is 11.4 Å². The third kappa shape index (κ3) is 3.47. The smallest absolute Gasteiger partial charge is 0.255 e. The highest BCUT2D eigenvalue weighted by Crippen LogP contribution is 2.33. The molecular weight excluding hydrogens is 308 g/mol. The van der Waals surface area contributed by atoms with E-state index in [4.69, 9.17) is 29.6 Å². The third-order valence-electron chi connectivity index (χ3n) is 4.16. The van der Waals surface area contributed by atoms with E-state index in [9.17, 15) is 9.90 Å². The summed E-state index contributed by atoms with van der Waals surface area (Å²) in [5.74, 6) is 0.0838. The number of phenolic OH excluding ortho intramolecular Hbond substituents is 1. The molecule has 1 aliphatic carbocycles. The van der Waals surface area contributed by atoms with Crippen molar-refractivity contribution in [2.45, 2.75) is 38.1 Å². The zero-order valence-electron chi connectivity index (χ0n) is 11.9. The van der Waals surface area contributed by atoms with Crippen molar-refractivity contribution in [2.24, 2.45) is 11.7 Å². The number of halogens is 1. The van der Waals surface area contributed by atoms with E-state index >= 15 is 0 Å². The quantitative estimate of drug-likeness (QED) is 0.746. The van der Waals surface area contributed by atoms with Crippen LogP contribution in [0.25, 0.3) is 0 Å². The standard InChI is InChI=1S/C15H19ClN2O2S/c1-9-4-6-15(7-5-9,14(17)21)18-13(20)11-8-10(16)2-3-12(11)19/h2-3,8-9,19H,4-7H2,1H3,(H2,17,21)(H,18,20). The van der Waals surface area contributed by atoms with Crippen LogP contribution in [-0.2, 0) is 0 Å². The van der Waals surface area contributed by atoms with Crippen molar-refractivity contribution < 1.29 is 9.90 Å². The molecule has 0 aromatic heterocycles. The van der Waals surface area contributed by atoms with Crippen molar-refractivity contribution in [3.05, 3.63) is 28.8 Å². The number of benzene rings is 1. The lowest BCUT2D eigenvalue weighted by atomic mass is 9.77. The molecule has 4 N–H and O–H groups in total. The van der Waals surface area contributed by atoms with Gasteiger partial charge in [0.05, 0.1) is 16.1 Å². The predicted molar refractivity (Wildman–Crippen MR) is 87.7 cm³/mol. The summed E-state index contributed by atoms with van der Waals surface area (Å²) in [6, 6.07) is 4.36. The molecule has 0 saturated heterocycles. The summed E-state index contributed by atoms with van der Waals surface area (Å²) in [4.78, 5) is 12.7. The van der Waals surface area contributed by atoms with Gasteiger partial charge in [-0.15, -0.1) is 0 Å². The topological polar surface area (TPSA) is 75.3 Å². The monoisotopic (exact) mass is 326 g/mol. The van der Waals surface area contributed by atoms with Gasteiger partial charge in [-0.05, 0) is 49.8 Å². The van der Waals surface area contributed by atoms with Crippen LogP contribution in [0.2, 0.25) is 5.02 Å². The summed E-state index contributed by atoms with van der Waals surface area (Å²) in [5.41, 5.74) is 5.33. The molecule has 1 aromatic carbocycles. The first-order valence-corrected chi connectivity index (χ1v) is 7.73. The van der Waals surface area contributed by atoms with E-state index in [1.807, 2.05) is 0 Å². The minimum atomic E-state index is -0.673. The van der Waals surface area contributed by atoms with Gasteiger partial charge in [-0.2, -0.15) is 0 Å². The van der Waals surface area contributed by atoms with Gasteiger partial charge in [0.15, 0.2) is 0 Å². The molecule has 0 unspecified atom stereocenters. The Morgan fingerprint density at radius 2 is 2.10 bits per heavy atom. The number of aromatic hydroxyl groups is 1. The van der Waals surface area contributed by atoms with Crippen LogP contribution in [-0.4, -0.2) is 21.5 Å². The Morgan fingerprint density at radius 3 is 2.67 bits per heavy atom. The Labute approximate surface area is 134 Å². The lowest BCUT2D eigenvalue weighted by molar-refractivity contribution is 0.0898. The number of carbonyl (C=O) groups is 1. The maximum atomic E-state index is 12.4. The molecular formula is C15H19ClN2O2S. The van der Waals surface area contributed by atoms with Gasteiger partial charge in [-0.1, -0.05) is 30.7 Å². The Balaban J connectivity index is 2.23. The predicted octanol–water partition coefficient (Wildman–Crippen LogP) is 3.01. The van der Waals surface area contributed by atoms with Crippen LogP contribution in [0.5, 0.6) is 5.75 Å². The van der Waals surface area contributed by atoms with E-state index in [1.54, 1.807) is 0 Å². The number of hydrogen-bond donors (Lipinski definition) is 3. The molecule has 0 spiro atoms. The first-order chi connectivity index (χ1) is 9.84. The molecule has 21 heavy (non-hydrogen) atoms. The third-order valence-corrected chi connectivity index (χ3v) is 4.78. The van der Waals surface area contributed by atoms with E-state index in [2.05, 4.69) is 12.2 Å². The van der Waals surface area contributed by atoms with Crippen LogP contribution in [0.3, 0.4) is 0 Å². The zero-order chi connectivity index (χ0) is 15.6. The minimum absolute atomic E-state index is 0.112. The molecule has 0 atom stereocenters. The first kappa shape index (κ1) is 16.0. The number of nitrogens with two attached hydrogens (primary N) is 1. The number of amides is 1. The van der Waals surface area contributed by atoms with Crippen LogP contribution in [0.1, 0.15) is 43.0 Å². The minimum Gasteiger partial charge on any atom is -0.507 e. The Bertz CT molecular complexity index is 569. The molecule has 0 bridgehead atoms.